The Kier molecular flexibility index (Phi) is 5.31. The van der Waals surface area contributed by atoms with Crippen LogP contribution in [0.25, 0.3) is 0 Å². The van der Waals surface area contributed by atoms with Gasteiger partial charge in [0.2, 0.25) is 0 Å². The van der Waals surface area contributed by atoms with Crippen molar-refractivity contribution < 1.29 is 17.6 Å². The van der Waals surface area contributed by atoms with Gasteiger partial charge >= 0.3 is 0 Å². The van der Waals surface area contributed by atoms with Gasteiger partial charge in [0.25, 0.3) is 6.08 Å². The summed E-state index contributed by atoms with van der Waals surface area (Å²) < 4.78 is 53.7. The average Bonchev–Trinajstić information content (AvgIpc) is 2.49. The summed E-state index contributed by atoms with van der Waals surface area (Å²) in [6, 6.07) is 2.88. The molecule has 1 aromatic carbocycles. The summed E-state index contributed by atoms with van der Waals surface area (Å²) in [6.45, 7) is 2.19. The molecule has 2 saturated carbocycles. The van der Waals surface area contributed by atoms with E-state index in [9.17, 15) is 17.6 Å². The molecule has 24 heavy (non-hydrogen) atoms. The van der Waals surface area contributed by atoms with Crippen LogP contribution in [0.4, 0.5) is 17.6 Å². The van der Waals surface area contributed by atoms with E-state index >= 15 is 0 Å². The van der Waals surface area contributed by atoms with E-state index < -0.39 is 23.6 Å². The van der Waals surface area contributed by atoms with Gasteiger partial charge in [-0.1, -0.05) is 19.8 Å². The van der Waals surface area contributed by atoms with Gasteiger partial charge in [-0.3, -0.25) is 0 Å². The maximum atomic E-state index is 14.4. The molecule has 2 aliphatic carbocycles. The fraction of sp³-hybridized carbons (Fsp3) is 0.600. The molecule has 0 aromatic heterocycles. The highest BCUT2D eigenvalue weighted by Crippen LogP contribution is 2.46. The van der Waals surface area contributed by atoms with E-state index in [2.05, 4.69) is 6.92 Å². The van der Waals surface area contributed by atoms with Crippen LogP contribution in [0.15, 0.2) is 23.8 Å². The summed E-state index contributed by atoms with van der Waals surface area (Å²) in [6.07, 6.45) is 5.05. The number of rotatable bonds is 4. The summed E-state index contributed by atoms with van der Waals surface area (Å²) in [7, 11) is 0. The Morgan fingerprint density at radius 2 is 1.54 bits per heavy atom. The van der Waals surface area contributed by atoms with Crippen LogP contribution in [0.3, 0.4) is 0 Å². The van der Waals surface area contributed by atoms with Crippen LogP contribution in [0.1, 0.15) is 81.3 Å². The molecule has 0 heterocycles. The lowest BCUT2D eigenvalue weighted by Gasteiger charge is -2.31. The van der Waals surface area contributed by atoms with Crippen molar-refractivity contribution in [1.29, 1.82) is 0 Å². The van der Waals surface area contributed by atoms with Crippen molar-refractivity contribution in [3.8, 4) is 0 Å². The van der Waals surface area contributed by atoms with Crippen molar-refractivity contribution in [3.63, 3.8) is 0 Å². The Labute approximate surface area is 141 Å². The fourth-order valence-corrected chi connectivity index (χ4v) is 4.32. The summed E-state index contributed by atoms with van der Waals surface area (Å²) in [5.41, 5.74) is 0.746. The van der Waals surface area contributed by atoms with E-state index in [1.165, 1.54) is 25.0 Å². The topological polar surface area (TPSA) is 0 Å². The second-order valence-corrected chi connectivity index (χ2v) is 7.37. The minimum absolute atomic E-state index is 0.0107. The number of allylic oxidation sites excluding steroid dienone is 1. The molecule has 0 unspecified atom stereocenters. The maximum absolute atomic E-state index is 14.4. The number of hydrogen-bond acceptors (Lipinski definition) is 0. The highest BCUT2D eigenvalue weighted by atomic mass is 19.3. The van der Waals surface area contributed by atoms with Gasteiger partial charge in [0.15, 0.2) is 0 Å². The van der Waals surface area contributed by atoms with Crippen LogP contribution in [0.2, 0.25) is 0 Å². The molecule has 0 saturated heterocycles. The summed E-state index contributed by atoms with van der Waals surface area (Å²) in [5, 5.41) is 0. The van der Waals surface area contributed by atoms with E-state index in [0.29, 0.717) is 0 Å². The summed E-state index contributed by atoms with van der Waals surface area (Å²) >= 11 is 0. The Balaban J connectivity index is 1.71. The zero-order chi connectivity index (χ0) is 17.3. The van der Waals surface area contributed by atoms with Crippen molar-refractivity contribution in [2.24, 2.45) is 5.92 Å². The van der Waals surface area contributed by atoms with Gasteiger partial charge in [-0.25, -0.2) is 8.78 Å². The maximum Gasteiger partial charge on any atom is 0.269 e. The molecule has 0 bridgehead atoms. The molecule has 2 aliphatic rings. The third-order valence-electron chi connectivity index (χ3n) is 5.78. The Hall–Kier alpha value is -1.32. The van der Waals surface area contributed by atoms with Gasteiger partial charge in [0.1, 0.15) is 11.6 Å². The summed E-state index contributed by atoms with van der Waals surface area (Å²) in [5.74, 6) is -0.615. The first kappa shape index (κ1) is 17.5. The lowest BCUT2D eigenvalue weighted by molar-refractivity contribution is 0.307. The van der Waals surface area contributed by atoms with Gasteiger partial charge in [-0.15, -0.1) is 0 Å². The van der Waals surface area contributed by atoms with Crippen LogP contribution in [0, 0.1) is 17.6 Å². The Morgan fingerprint density at radius 3 is 2.04 bits per heavy atom. The molecule has 0 radical (unpaired) electrons. The quantitative estimate of drug-likeness (QED) is 0.514. The first-order valence-electron chi connectivity index (χ1n) is 9.01. The van der Waals surface area contributed by atoms with Crippen molar-refractivity contribution in [3.05, 3.63) is 46.5 Å². The van der Waals surface area contributed by atoms with Crippen LogP contribution < -0.4 is 0 Å². The second-order valence-electron chi connectivity index (χ2n) is 7.37. The van der Waals surface area contributed by atoms with Crippen molar-refractivity contribution in [2.75, 3.05) is 0 Å². The normalized spacial score (nSPS) is 27.0. The molecule has 2 fully saturated rings. The molecule has 3 rings (SSSR count). The van der Waals surface area contributed by atoms with E-state index in [1.807, 2.05) is 0 Å². The Bertz CT molecular complexity index is 592. The first-order valence-corrected chi connectivity index (χ1v) is 9.01. The zero-order valence-corrected chi connectivity index (χ0v) is 14.1. The molecule has 0 nitrogen and oxygen atoms in total. The van der Waals surface area contributed by atoms with Crippen LogP contribution in [0.5, 0.6) is 0 Å². The lowest BCUT2D eigenvalue weighted by Crippen LogP contribution is -2.18. The predicted molar refractivity (Wildman–Crippen MR) is 87.2 cm³/mol. The standard InChI is InChI=1S/C20H24F4/c1-2-3-12-4-6-13(7-5-12)14-10-17(21)19(18(22)11-14)15-8-16(9-15)20(23)24/h10-13,15H,2-9H2,1H3/t12-,13-. The van der Waals surface area contributed by atoms with Crippen molar-refractivity contribution in [1.82, 2.24) is 0 Å². The number of benzene rings is 1. The molecule has 0 spiro atoms. The zero-order valence-electron chi connectivity index (χ0n) is 14.1. The van der Waals surface area contributed by atoms with Gasteiger partial charge in [0.05, 0.1) is 0 Å². The highest BCUT2D eigenvalue weighted by molar-refractivity contribution is 5.36. The van der Waals surface area contributed by atoms with Crippen LogP contribution in [-0.4, -0.2) is 0 Å². The third kappa shape index (κ3) is 3.52. The lowest BCUT2D eigenvalue weighted by atomic mass is 9.74. The van der Waals surface area contributed by atoms with E-state index in [4.69, 9.17) is 0 Å². The minimum atomic E-state index is -1.70. The van der Waals surface area contributed by atoms with E-state index in [1.54, 1.807) is 0 Å². The molecule has 4 heteroatoms. The molecule has 0 aliphatic heterocycles. The van der Waals surface area contributed by atoms with E-state index in [0.717, 1.165) is 37.2 Å². The highest BCUT2D eigenvalue weighted by Gasteiger charge is 2.33. The van der Waals surface area contributed by atoms with Gasteiger partial charge in [0, 0.05) is 5.56 Å². The van der Waals surface area contributed by atoms with Crippen molar-refractivity contribution in [2.45, 2.75) is 70.1 Å². The first-order chi connectivity index (χ1) is 11.5. The predicted octanol–water partition coefficient (Wildman–Crippen LogP) is 7.07. The molecular formula is C20H24F4. The Morgan fingerprint density at radius 1 is 0.958 bits per heavy atom. The monoisotopic (exact) mass is 340 g/mol. The number of halogens is 4. The fourth-order valence-electron chi connectivity index (χ4n) is 4.32. The molecule has 0 N–H and O–H groups in total. The second kappa shape index (κ2) is 7.28. The molecule has 1 aromatic rings. The van der Waals surface area contributed by atoms with Crippen molar-refractivity contribution >= 4 is 0 Å². The summed E-state index contributed by atoms with van der Waals surface area (Å²) in [4.78, 5) is 0. The largest absolute Gasteiger partial charge is 0.269 e. The van der Waals surface area contributed by atoms with Crippen LogP contribution >= 0.6 is 0 Å². The average molecular weight is 340 g/mol. The molecular weight excluding hydrogens is 316 g/mol. The molecule has 0 amide bonds. The minimum Gasteiger partial charge on any atom is -0.207 e. The van der Waals surface area contributed by atoms with Gasteiger partial charge < -0.3 is 0 Å². The third-order valence-corrected chi connectivity index (χ3v) is 5.78. The van der Waals surface area contributed by atoms with Crippen LogP contribution in [-0.2, 0) is 0 Å². The van der Waals surface area contributed by atoms with Gasteiger partial charge in [-0.05, 0) is 79.5 Å². The molecule has 0 atom stereocenters. The van der Waals surface area contributed by atoms with Gasteiger partial charge in [-0.2, -0.15) is 8.78 Å². The molecule has 132 valence electrons. The SMILES string of the molecule is CCC[C@H]1CC[C@H](c2cc(F)c(C3CC(=C(F)F)C3)c(F)c2)CC1. The smallest absolute Gasteiger partial charge is 0.207 e. The number of hydrogen-bond donors (Lipinski definition) is 0. The van der Waals surface area contributed by atoms with E-state index in [-0.39, 0.29) is 29.9 Å².